The molecule has 0 saturated carbocycles. The van der Waals surface area contributed by atoms with E-state index in [0.29, 0.717) is 5.69 Å². The molecule has 2 N–H and O–H groups in total. The summed E-state index contributed by atoms with van der Waals surface area (Å²) < 4.78 is 3.68. The van der Waals surface area contributed by atoms with Crippen LogP contribution in [0.2, 0.25) is 0 Å². The Morgan fingerprint density at radius 3 is 2.82 bits per heavy atom. The van der Waals surface area contributed by atoms with E-state index in [9.17, 15) is 0 Å². The van der Waals surface area contributed by atoms with E-state index in [0.717, 1.165) is 5.65 Å². The molecule has 0 atom stereocenters. The maximum Gasteiger partial charge on any atom is 0.158 e. The van der Waals surface area contributed by atoms with E-state index < -0.39 is 0 Å². The minimum atomic E-state index is 0. The minimum Gasteiger partial charge on any atom is -0.394 e. The molecule has 0 aromatic carbocycles. The quantitative estimate of drug-likeness (QED) is 0.635. The van der Waals surface area contributed by atoms with E-state index in [1.54, 1.807) is 10.7 Å². The van der Waals surface area contributed by atoms with Crippen LogP contribution in [0.15, 0.2) is 18.6 Å². The van der Waals surface area contributed by atoms with Crippen LogP contribution in [0.25, 0.3) is 5.65 Å². The Morgan fingerprint density at radius 2 is 2.18 bits per heavy atom. The number of nitrogen functional groups attached to an aromatic ring is 1. The average Bonchev–Trinajstić information content (AvgIpc) is 2.40. The van der Waals surface area contributed by atoms with Crippen LogP contribution in [0.4, 0.5) is 5.69 Å². The molecule has 60 valence electrons. The number of aromatic nitrogens is 3. The van der Waals surface area contributed by atoms with Gasteiger partial charge in [-0.3, -0.25) is 0 Å². The summed E-state index contributed by atoms with van der Waals surface area (Å²) in [5.74, 6) is 0. The Morgan fingerprint density at radius 1 is 1.45 bits per heavy atom. The predicted molar refractivity (Wildman–Crippen MR) is 45.8 cm³/mol. The van der Waals surface area contributed by atoms with Crippen molar-refractivity contribution in [2.45, 2.75) is 0 Å². The van der Waals surface area contributed by atoms with E-state index in [1.807, 2.05) is 24.0 Å². The van der Waals surface area contributed by atoms with Crippen molar-refractivity contribution in [1.82, 2.24) is 14.2 Å². The summed E-state index contributed by atoms with van der Waals surface area (Å²) in [6, 6.07) is 0. The topological polar surface area (TPSA) is 48.2 Å². The molecule has 0 spiro atoms. The van der Waals surface area contributed by atoms with Gasteiger partial charge in [-0.2, -0.15) is 5.10 Å². The summed E-state index contributed by atoms with van der Waals surface area (Å²) in [6.07, 6.45) is 5.43. The Labute approximate surface area is 70.0 Å². The molecule has 2 aromatic heterocycles. The summed E-state index contributed by atoms with van der Waals surface area (Å²) in [5, 5.41) is 4.01. The lowest BCUT2D eigenvalue weighted by molar-refractivity contribution is 0.929. The van der Waals surface area contributed by atoms with Crippen molar-refractivity contribution in [3.8, 4) is 0 Å². The predicted octanol–water partition coefficient (Wildman–Crippen LogP) is 0.677. The maximum atomic E-state index is 5.62. The molecular formula is C6H9ClN4. The first-order valence-corrected chi connectivity index (χ1v) is 3.03. The molecule has 0 saturated heterocycles. The van der Waals surface area contributed by atoms with E-state index in [1.165, 1.54) is 0 Å². The minimum absolute atomic E-state index is 0. The molecule has 0 amide bonds. The van der Waals surface area contributed by atoms with E-state index in [2.05, 4.69) is 5.10 Å². The van der Waals surface area contributed by atoms with Gasteiger partial charge in [-0.15, -0.1) is 12.4 Å². The van der Waals surface area contributed by atoms with Crippen LogP contribution < -0.4 is 5.73 Å². The highest BCUT2D eigenvalue weighted by atomic mass is 35.5. The Bertz CT molecular complexity index is 330. The highest BCUT2D eigenvalue weighted by molar-refractivity contribution is 5.85. The summed E-state index contributed by atoms with van der Waals surface area (Å²) >= 11 is 0. The number of fused-ring (bicyclic) bond motifs is 1. The second kappa shape index (κ2) is 2.47. The lowest BCUT2D eigenvalue weighted by Gasteiger charge is -1.89. The van der Waals surface area contributed by atoms with Crippen molar-refractivity contribution >= 4 is 23.7 Å². The number of aryl methyl sites for hydroxylation is 1. The average molecular weight is 173 g/mol. The molecule has 11 heavy (non-hydrogen) atoms. The van der Waals surface area contributed by atoms with Crippen LogP contribution in [0, 0.1) is 0 Å². The SMILES string of the molecule is Cl.Cn1ccn2ncc(N)c12. The fourth-order valence-corrected chi connectivity index (χ4v) is 1.08. The largest absolute Gasteiger partial charge is 0.394 e. The molecule has 5 heteroatoms. The van der Waals surface area contributed by atoms with Crippen molar-refractivity contribution in [1.29, 1.82) is 0 Å². The molecule has 0 aliphatic carbocycles. The lowest BCUT2D eigenvalue weighted by Crippen LogP contribution is -1.90. The van der Waals surface area contributed by atoms with Crippen LogP contribution in [0.5, 0.6) is 0 Å². The second-order valence-corrected chi connectivity index (χ2v) is 2.28. The van der Waals surface area contributed by atoms with Gasteiger partial charge in [0.15, 0.2) is 5.65 Å². The third-order valence-corrected chi connectivity index (χ3v) is 1.56. The first-order chi connectivity index (χ1) is 4.79. The van der Waals surface area contributed by atoms with Gasteiger partial charge < -0.3 is 10.3 Å². The van der Waals surface area contributed by atoms with Crippen molar-refractivity contribution in [2.24, 2.45) is 7.05 Å². The zero-order chi connectivity index (χ0) is 7.14. The zero-order valence-electron chi connectivity index (χ0n) is 6.06. The molecule has 0 fully saturated rings. The third-order valence-electron chi connectivity index (χ3n) is 1.56. The second-order valence-electron chi connectivity index (χ2n) is 2.28. The third kappa shape index (κ3) is 0.952. The van der Waals surface area contributed by atoms with E-state index in [4.69, 9.17) is 5.73 Å². The number of rotatable bonds is 0. The van der Waals surface area contributed by atoms with Crippen molar-refractivity contribution in [3.63, 3.8) is 0 Å². The maximum absolute atomic E-state index is 5.62. The Hall–Kier alpha value is -1.16. The lowest BCUT2D eigenvalue weighted by atomic mass is 10.6. The number of anilines is 1. The van der Waals surface area contributed by atoms with Gasteiger partial charge in [-0.05, 0) is 0 Å². The highest BCUT2D eigenvalue weighted by Crippen LogP contribution is 2.10. The monoisotopic (exact) mass is 172 g/mol. The first-order valence-electron chi connectivity index (χ1n) is 3.03. The molecular weight excluding hydrogens is 164 g/mol. The van der Waals surface area contributed by atoms with Crippen LogP contribution in [-0.4, -0.2) is 14.2 Å². The normalized spacial score (nSPS) is 9.91. The van der Waals surface area contributed by atoms with Gasteiger partial charge in [0, 0.05) is 19.4 Å². The smallest absolute Gasteiger partial charge is 0.158 e. The van der Waals surface area contributed by atoms with E-state index in [-0.39, 0.29) is 12.4 Å². The fourth-order valence-electron chi connectivity index (χ4n) is 1.08. The van der Waals surface area contributed by atoms with E-state index >= 15 is 0 Å². The van der Waals surface area contributed by atoms with Gasteiger partial charge in [-0.1, -0.05) is 0 Å². The number of hydrogen-bond donors (Lipinski definition) is 1. The van der Waals surface area contributed by atoms with Crippen molar-refractivity contribution < 1.29 is 0 Å². The van der Waals surface area contributed by atoms with Crippen LogP contribution in [0.3, 0.4) is 0 Å². The Balaban J connectivity index is 0.000000605. The molecule has 0 aliphatic rings. The Kier molecular flexibility index (Phi) is 1.78. The molecule has 2 rings (SSSR count). The van der Waals surface area contributed by atoms with Crippen LogP contribution in [0.1, 0.15) is 0 Å². The molecule has 2 heterocycles. The summed E-state index contributed by atoms with van der Waals surface area (Å²) in [4.78, 5) is 0. The van der Waals surface area contributed by atoms with Gasteiger partial charge in [0.25, 0.3) is 0 Å². The summed E-state index contributed by atoms with van der Waals surface area (Å²) in [7, 11) is 1.94. The van der Waals surface area contributed by atoms with Crippen molar-refractivity contribution in [3.05, 3.63) is 18.6 Å². The zero-order valence-corrected chi connectivity index (χ0v) is 6.88. The highest BCUT2D eigenvalue weighted by Gasteiger charge is 2.01. The van der Waals surface area contributed by atoms with Gasteiger partial charge in [0.05, 0.1) is 11.9 Å². The molecule has 0 unspecified atom stereocenters. The summed E-state index contributed by atoms with van der Waals surface area (Å²) in [6.45, 7) is 0. The van der Waals surface area contributed by atoms with Crippen molar-refractivity contribution in [2.75, 3.05) is 5.73 Å². The van der Waals surface area contributed by atoms with Gasteiger partial charge >= 0.3 is 0 Å². The van der Waals surface area contributed by atoms with Gasteiger partial charge in [0.1, 0.15) is 0 Å². The first kappa shape index (κ1) is 7.94. The molecule has 0 bridgehead atoms. The molecule has 0 radical (unpaired) electrons. The number of hydrogen-bond acceptors (Lipinski definition) is 2. The molecule has 2 aromatic rings. The molecule has 0 aliphatic heterocycles. The fraction of sp³-hybridized carbons (Fsp3) is 0.167. The number of nitrogens with two attached hydrogens (primary N) is 1. The number of imidazole rings is 1. The number of halogens is 1. The number of nitrogens with zero attached hydrogens (tertiary/aromatic N) is 3. The standard InChI is InChI=1S/C6H8N4.ClH/c1-9-2-3-10-6(9)5(7)4-8-10;/h2-4H,7H2,1H3;1H. The van der Waals surface area contributed by atoms with Crippen LogP contribution >= 0.6 is 12.4 Å². The van der Waals surface area contributed by atoms with Crippen LogP contribution in [-0.2, 0) is 7.05 Å². The van der Waals surface area contributed by atoms with Gasteiger partial charge in [-0.25, -0.2) is 4.52 Å². The summed E-state index contributed by atoms with van der Waals surface area (Å²) in [5.41, 5.74) is 7.28. The molecule has 4 nitrogen and oxygen atoms in total. The van der Waals surface area contributed by atoms with Gasteiger partial charge in [0.2, 0.25) is 0 Å².